The molecule has 3 heteroatoms. The van der Waals surface area contributed by atoms with E-state index >= 15 is 0 Å². The van der Waals surface area contributed by atoms with Crippen molar-refractivity contribution < 1.29 is 4.79 Å². The van der Waals surface area contributed by atoms with E-state index in [9.17, 15) is 4.79 Å². The van der Waals surface area contributed by atoms with Crippen molar-refractivity contribution in [2.75, 3.05) is 33.2 Å². The van der Waals surface area contributed by atoms with Gasteiger partial charge in [-0.25, -0.2) is 0 Å². The van der Waals surface area contributed by atoms with Crippen molar-refractivity contribution in [1.29, 1.82) is 0 Å². The molecule has 1 saturated heterocycles. The van der Waals surface area contributed by atoms with E-state index in [1.165, 1.54) is 19.5 Å². The van der Waals surface area contributed by atoms with Gasteiger partial charge < -0.3 is 15.0 Å². The maximum atomic E-state index is 9.97. The summed E-state index contributed by atoms with van der Waals surface area (Å²) < 4.78 is 0. The number of rotatable bonds is 4. The van der Waals surface area contributed by atoms with Gasteiger partial charge in [-0.05, 0) is 32.5 Å². The van der Waals surface area contributed by atoms with Crippen LogP contribution in [0.5, 0.6) is 0 Å². The second-order valence-corrected chi connectivity index (χ2v) is 3.24. The van der Waals surface area contributed by atoms with E-state index in [0.717, 1.165) is 18.7 Å². The normalized spacial score (nSPS) is 25.7. The molecule has 0 saturated carbocycles. The highest BCUT2D eigenvalue weighted by molar-refractivity contribution is 5.51. The minimum atomic E-state index is 0.500. The number of nitrogens with zero attached hydrogens (tertiary/aromatic N) is 1. The third-order valence-electron chi connectivity index (χ3n) is 2.15. The van der Waals surface area contributed by atoms with E-state index < -0.39 is 0 Å². The van der Waals surface area contributed by atoms with Gasteiger partial charge in [0.2, 0.25) is 0 Å². The Morgan fingerprint density at radius 2 is 2.55 bits per heavy atom. The Bertz CT molecular complexity index is 127. The van der Waals surface area contributed by atoms with Crippen LogP contribution in [0, 0.1) is 5.92 Å². The van der Waals surface area contributed by atoms with Gasteiger partial charge in [0, 0.05) is 6.54 Å². The summed E-state index contributed by atoms with van der Waals surface area (Å²) in [5.41, 5.74) is 0. The summed E-state index contributed by atoms with van der Waals surface area (Å²) >= 11 is 0. The van der Waals surface area contributed by atoms with Crippen molar-refractivity contribution in [2.45, 2.75) is 6.42 Å². The zero-order valence-corrected chi connectivity index (χ0v) is 7.05. The first-order valence-electron chi connectivity index (χ1n) is 4.16. The number of hydrogen-bond donors (Lipinski definition) is 1. The molecular formula is C8H16N2O. The van der Waals surface area contributed by atoms with Crippen molar-refractivity contribution in [1.82, 2.24) is 10.2 Å². The minimum Gasteiger partial charge on any atom is -0.310 e. The van der Waals surface area contributed by atoms with Gasteiger partial charge in [-0.3, -0.25) is 0 Å². The molecule has 0 spiro atoms. The molecule has 1 heterocycles. The van der Waals surface area contributed by atoms with Crippen molar-refractivity contribution >= 4 is 6.29 Å². The van der Waals surface area contributed by atoms with Gasteiger partial charge in [-0.15, -0.1) is 0 Å². The fourth-order valence-corrected chi connectivity index (χ4v) is 1.54. The van der Waals surface area contributed by atoms with Gasteiger partial charge in [0.1, 0.15) is 6.29 Å². The molecule has 64 valence electrons. The van der Waals surface area contributed by atoms with E-state index in [1.54, 1.807) is 0 Å². The lowest BCUT2D eigenvalue weighted by Crippen LogP contribution is -2.26. The van der Waals surface area contributed by atoms with Gasteiger partial charge in [-0.2, -0.15) is 0 Å². The molecule has 11 heavy (non-hydrogen) atoms. The summed E-state index contributed by atoms with van der Waals surface area (Å²) in [7, 11) is 2.14. The first-order chi connectivity index (χ1) is 5.33. The van der Waals surface area contributed by atoms with Crippen LogP contribution < -0.4 is 5.32 Å². The largest absolute Gasteiger partial charge is 0.310 e. The fourth-order valence-electron chi connectivity index (χ4n) is 1.54. The number of hydrogen-bond acceptors (Lipinski definition) is 3. The van der Waals surface area contributed by atoms with Crippen LogP contribution in [0.3, 0.4) is 0 Å². The summed E-state index contributed by atoms with van der Waals surface area (Å²) in [6, 6.07) is 0. The molecule has 1 unspecified atom stereocenters. The Balaban J connectivity index is 2.03. The summed E-state index contributed by atoms with van der Waals surface area (Å²) in [6.45, 7) is 3.86. The molecule has 0 radical (unpaired) electrons. The molecule has 1 fully saturated rings. The monoisotopic (exact) mass is 156 g/mol. The Morgan fingerprint density at radius 1 is 1.73 bits per heavy atom. The summed E-state index contributed by atoms with van der Waals surface area (Å²) in [5, 5.41) is 3.10. The molecular weight excluding hydrogens is 140 g/mol. The van der Waals surface area contributed by atoms with Crippen LogP contribution in [0.25, 0.3) is 0 Å². The lowest BCUT2D eigenvalue weighted by Gasteiger charge is -2.09. The second kappa shape index (κ2) is 4.46. The maximum absolute atomic E-state index is 9.97. The van der Waals surface area contributed by atoms with Gasteiger partial charge in [0.05, 0.1) is 6.54 Å². The molecule has 0 aromatic rings. The molecule has 1 rings (SSSR count). The highest BCUT2D eigenvalue weighted by atomic mass is 16.1. The van der Waals surface area contributed by atoms with Crippen molar-refractivity contribution in [3.05, 3.63) is 0 Å². The molecule has 1 aliphatic heterocycles. The molecule has 0 aliphatic carbocycles. The molecule has 0 aromatic heterocycles. The Labute approximate surface area is 67.8 Å². The predicted octanol–water partition coefficient (Wildman–Crippen LogP) is -0.273. The molecule has 0 amide bonds. The lowest BCUT2D eigenvalue weighted by molar-refractivity contribution is -0.107. The lowest BCUT2D eigenvalue weighted by atomic mass is 10.1. The van der Waals surface area contributed by atoms with E-state index in [4.69, 9.17) is 0 Å². The quantitative estimate of drug-likeness (QED) is 0.449. The van der Waals surface area contributed by atoms with Gasteiger partial charge in [-0.1, -0.05) is 0 Å². The summed E-state index contributed by atoms with van der Waals surface area (Å²) in [6.07, 6.45) is 2.18. The SMILES string of the molecule is CN1CCC(CNCC=O)C1. The molecule has 0 bridgehead atoms. The van der Waals surface area contributed by atoms with Crippen molar-refractivity contribution in [2.24, 2.45) is 5.92 Å². The summed E-state index contributed by atoms with van der Waals surface area (Å²) in [4.78, 5) is 12.3. The summed E-state index contributed by atoms with van der Waals surface area (Å²) in [5.74, 6) is 0.750. The van der Waals surface area contributed by atoms with Gasteiger partial charge in [0.15, 0.2) is 0 Å². The molecule has 1 aliphatic rings. The van der Waals surface area contributed by atoms with Crippen LogP contribution >= 0.6 is 0 Å². The van der Waals surface area contributed by atoms with Crippen LogP contribution in [0.15, 0.2) is 0 Å². The van der Waals surface area contributed by atoms with E-state index in [2.05, 4.69) is 17.3 Å². The first kappa shape index (κ1) is 8.68. The Hall–Kier alpha value is -0.410. The molecule has 3 nitrogen and oxygen atoms in total. The van der Waals surface area contributed by atoms with Crippen LogP contribution in [0.2, 0.25) is 0 Å². The van der Waals surface area contributed by atoms with Crippen LogP contribution in [-0.4, -0.2) is 44.4 Å². The molecule has 1 atom stereocenters. The van der Waals surface area contributed by atoms with E-state index in [0.29, 0.717) is 6.54 Å². The van der Waals surface area contributed by atoms with Crippen LogP contribution in [-0.2, 0) is 4.79 Å². The van der Waals surface area contributed by atoms with Gasteiger partial charge >= 0.3 is 0 Å². The number of carbonyl (C=O) groups excluding carboxylic acids is 1. The minimum absolute atomic E-state index is 0.500. The van der Waals surface area contributed by atoms with Crippen LogP contribution in [0.1, 0.15) is 6.42 Å². The second-order valence-electron chi connectivity index (χ2n) is 3.24. The Morgan fingerprint density at radius 3 is 3.09 bits per heavy atom. The fraction of sp³-hybridized carbons (Fsp3) is 0.875. The third-order valence-corrected chi connectivity index (χ3v) is 2.15. The van der Waals surface area contributed by atoms with Crippen molar-refractivity contribution in [3.8, 4) is 0 Å². The van der Waals surface area contributed by atoms with E-state index in [-0.39, 0.29) is 0 Å². The van der Waals surface area contributed by atoms with Crippen molar-refractivity contribution in [3.63, 3.8) is 0 Å². The average molecular weight is 156 g/mol. The first-order valence-corrected chi connectivity index (χ1v) is 4.16. The van der Waals surface area contributed by atoms with Gasteiger partial charge in [0.25, 0.3) is 0 Å². The number of nitrogens with one attached hydrogen (secondary N) is 1. The Kier molecular flexibility index (Phi) is 3.52. The maximum Gasteiger partial charge on any atom is 0.133 e. The number of likely N-dealkylation sites (tertiary alicyclic amines) is 1. The zero-order chi connectivity index (χ0) is 8.10. The zero-order valence-electron chi connectivity index (χ0n) is 7.05. The van der Waals surface area contributed by atoms with Crippen LogP contribution in [0.4, 0.5) is 0 Å². The van der Waals surface area contributed by atoms with E-state index in [1.807, 2.05) is 0 Å². The number of aldehydes is 1. The average Bonchev–Trinajstić information content (AvgIpc) is 2.37. The topological polar surface area (TPSA) is 32.3 Å². The standard InChI is InChI=1S/C8H16N2O/c1-10-4-2-8(7-10)6-9-3-5-11/h5,8-9H,2-4,6-7H2,1H3. The third kappa shape index (κ3) is 2.99. The predicted molar refractivity (Wildman–Crippen MR) is 44.5 cm³/mol. The molecule has 1 N–H and O–H groups in total. The highest BCUT2D eigenvalue weighted by Gasteiger charge is 2.18. The molecule has 0 aromatic carbocycles. The highest BCUT2D eigenvalue weighted by Crippen LogP contribution is 2.12. The smallest absolute Gasteiger partial charge is 0.133 e. The number of carbonyl (C=O) groups is 1.